The number of halogens is 4. The maximum absolute atomic E-state index is 12.8. The minimum Gasteiger partial charge on any atom is -0.443 e. The van der Waals surface area contributed by atoms with Crippen molar-refractivity contribution in [3.63, 3.8) is 0 Å². The predicted octanol–water partition coefficient (Wildman–Crippen LogP) is 5.35. The fourth-order valence-corrected chi connectivity index (χ4v) is 2.83. The second-order valence-corrected chi connectivity index (χ2v) is 7.75. The lowest BCUT2D eigenvalue weighted by molar-refractivity contribution is -0.132. The van der Waals surface area contributed by atoms with Crippen LogP contribution in [0.4, 0.5) is 23.7 Å². The van der Waals surface area contributed by atoms with Gasteiger partial charge in [0.25, 0.3) is 0 Å². The zero-order valence-corrected chi connectivity index (χ0v) is 16.6. The molecule has 0 atom stereocenters. The van der Waals surface area contributed by atoms with Crippen molar-refractivity contribution >= 4 is 33.4 Å². The first-order valence-corrected chi connectivity index (χ1v) is 8.93. The average Bonchev–Trinajstić information content (AvgIpc) is 2.86. The van der Waals surface area contributed by atoms with Crippen LogP contribution in [0.3, 0.4) is 0 Å². The zero-order valence-electron chi connectivity index (χ0n) is 15.0. The Bertz CT molecular complexity index is 797. The highest BCUT2D eigenvalue weighted by Crippen LogP contribution is 2.30. The Morgan fingerprint density at radius 2 is 2.00 bits per heavy atom. The molecule has 0 spiro atoms. The van der Waals surface area contributed by atoms with Gasteiger partial charge in [0.15, 0.2) is 5.65 Å². The summed E-state index contributed by atoms with van der Waals surface area (Å²) >= 11 is 3.35. The van der Waals surface area contributed by atoms with E-state index in [1.165, 1.54) is 0 Å². The molecule has 0 radical (unpaired) electrons. The molecule has 0 aliphatic heterocycles. The van der Waals surface area contributed by atoms with Crippen molar-refractivity contribution in [2.45, 2.75) is 52.3 Å². The van der Waals surface area contributed by atoms with Gasteiger partial charge in [-0.15, -0.1) is 0 Å². The Morgan fingerprint density at radius 3 is 2.54 bits per heavy atom. The van der Waals surface area contributed by atoms with Gasteiger partial charge in [-0.2, -0.15) is 13.2 Å². The third-order valence-corrected chi connectivity index (χ3v) is 3.95. The first kappa shape index (κ1) is 20.5. The van der Waals surface area contributed by atoms with E-state index < -0.39 is 30.8 Å². The van der Waals surface area contributed by atoms with Gasteiger partial charge in [0.1, 0.15) is 5.60 Å². The van der Waals surface area contributed by atoms with E-state index in [9.17, 15) is 18.0 Å². The summed E-state index contributed by atoms with van der Waals surface area (Å²) in [6.07, 6.45) is -2.29. The minimum absolute atomic E-state index is 0.262. The summed E-state index contributed by atoms with van der Waals surface area (Å²) in [5.74, 6) is 0. The number of pyridine rings is 1. The third-order valence-electron chi connectivity index (χ3n) is 3.52. The second kappa shape index (κ2) is 7.46. The van der Waals surface area contributed by atoms with Crippen molar-refractivity contribution in [2.24, 2.45) is 0 Å². The van der Waals surface area contributed by atoms with Gasteiger partial charge in [0.05, 0.1) is 12.1 Å². The highest BCUT2D eigenvalue weighted by atomic mass is 79.9. The Labute approximate surface area is 158 Å². The Hall–Kier alpha value is -1.77. The highest BCUT2D eigenvalue weighted by molar-refractivity contribution is 9.10. The molecule has 5 nitrogen and oxygen atoms in total. The van der Waals surface area contributed by atoms with E-state index in [0.717, 1.165) is 10.6 Å². The van der Waals surface area contributed by atoms with E-state index in [2.05, 4.69) is 20.9 Å². The van der Waals surface area contributed by atoms with Gasteiger partial charge in [0, 0.05) is 29.1 Å². The van der Waals surface area contributed by atoms with Crippen molar-refractivity contribution < 1.29 is 22.7 Å². The van der Waals surface area contributed by atoms with Gasteiger partial charge in [-0.1, -0.05) is 6.92 Å². The number of alkyl halides is 3. The number of fused-ring (bicyclic) bond motifs is 1. The van der Waals surface area contributed by atoms with Crippen molar-refractivity contribution in [3.05, 3.63) is 28.6 Å². The Morgan fingerprint density at radius 1 is 1.35 bits per heavy atom. The average molecular weight is 436 g/mol. The summed E-state index contributed by atoms with van der Waals surface area (Å²) in [6, 6.07) is 1.57. The molecule has 2 heterocycles. The van der Waals surface area contributed by atoms with Crippen LogP contribution < -0.4 is 4.90 Å². The lowest BCUT2D eigenvalue weighted by atomic mass is 10.2. The summed E-state index contributed by atoms with van der Waals surface area (Å²) in [6.45, 7) is 6.37. The highest BCUT2D eigenvalue weighted by Gasteiger charge is 2.32. The lowest BCUT2D eigenvalue weighted by Crippen LogP contribution is -2.39. The number of carbonyl (C=O) groups excluding carboxylic acids is 1. The number of aryl methyl sites for hydroxylation is 1. The molecule has 0 saturated carbocycles. The molecular formula is C17H21BrF3N3O2. The number of hydrogen-bond acceptors (Lipinski definition) is 3. The SMILES string of the molecule is CCc1cnc2c(N(CCC(F)(F)F)C(=O)OC(C)(C)C)cc(Br)cn12. The number of anilines is 1. The monoisotopic (exact) mass is 435 g/mol. The van der Waals surface area contributed by atoms with Crippen LogP contribution in [-0.2, 0) is 11.2 Å². The summed E-state index contributed by atoms with van der Waals surface area (Å²) in [5, 5.41) is 0. The van der Waals surface area contributed by atoms with Crippen LogP contribution in [0.15, 0.2) is 22.9 Å². The topological polar surface area (TPSA) is 46.8 Å². The van der Waals surface area contributed by atoms with Crippen molar-refractivity contribution in [1.29, 1.82) is 0 Å². The Balaban J connectivity index is 2.52. The van der Waals surface area contributed by atoms with Gasteiger partial charge in [-0.3, -0.25) is 4.90 Å². The molecule has 2 aromatic heterocycles. The molecular weight excluding hydrogens is 415 g/mol. The van der Waals surface area contributed by atoms with E-state index in [-0.39, 0.29) is 5.69 Å². The molecule has 0 bridgehead atoms. The maximum atomic E-state index is 12.8. The summed E-state index contributed by atoms with van der Waals surface area (Å²) in [4.78, 5) is 17.9. The van der Waals surface area contributed by atoms with Crippen molar-refractivity contribution in [3.8, 4) is 0 Å². The molecule has 1 amide bonds. The van der Waals surface area contributed by atoms with Crippen molar-refractivity contribution in [1.82, 2.24) is 9.38 Å². The molecule has 0 aromatic carbocycles. The number of imidazole rings is 1. The fourth-order valence-electron chi connectivity index (χ4n) is 2.41. The second-order valence-electron chi connectivity index (χ2n) is 6.84. The molecule has 9 heteroatoms. The number of amides is 1. The summed E-state index contributed by atoms with van der Waals surface area (Å²) in [7, 11) is 0. The van der Waals surface area contributed by atoms with Gasteiger partial charge in [-0.05, 0) is 49.2 Å². The van der Waals surface area contributed by atoms with E-state index in [1.54, 1.807) is 43.6 Å². The third kappa shape index (κ3) is 5.12. The number of aromatic nitrogens is 2. The molecule has 0 aliphatic rings. The Kier molecular flexibility index (Phi) is 5.89. The number of rotatable bonds is 4. The largest absolute Gasteiger partial charge is 0.443 e. The minimum atomic E-state index is -4.40. The molecule has 0 unspecified atom stereocenters. The van der Waals surface area contributed by atoms with Crippen LogP contribution in [0.5, 0.6) is 0 Å². The van der Waals surface area contributed by atoms with Crippen LogP contribution >= 0.6 is 15.9 Å². The summed E-state index contributed by atoms with van der Waals surface area (Å²) < 4.78 is 46.0. The molecule has 0 saturated heterocycles. The molecule has 26 heavy (non-hydrogen) atoms. The number of hydrogen-bond donors (Lipinski definition) is 0. The van der Waals surface area contributed by atoms with E-state index in [1.807, 2.05) is 6.92 Å². The van der Waals surface area contributed by atoms with E-state index in [4.69, 9.17) is 4.74 Å². The molecule has 0 N–H and O–H groups in total. The summed E-state index contributed by atoms with van der Waals surface area (Å²) in [5.41, 5.74) is 0.707. The van der Waals surface area contributed by atoms with E-state index in [0.29, 0.717) is 16.5 Å². The molecule has 0 fully saturated rings. The predicted molar refractivity (Wildman–Crippen MR) is 96.5 cm³/mol. The number of carbonyl (C=O) groups is 1. The van der Waals surface area contributed by atoms with Crippen LogP contribution in [0.1, 0.15) is 39.8 Å². The quantitative estimate of drug-likeness (QED) is 0.649. The molecule has 2 rings (SSSR count). The first-order valence-electron chi connectivity index (χ1n) is 8.14. The number of nitrogens with zero attached hydrogens (tertiary/aromatic N) is 3. The van der Waals surface area contributed by atoms with Crippen LogP contribution in [0.25, 0.3) is 5.65 Å². The fraction of sp³-hybridized carbons (Fsp3) is 0.529. The van der Waals surface area contributed by atoms with Gasteiger partial charge >= 0.3 is 12.3 Å². The van der Waals surface area contributed by atoms with Crippen molar-refractivity contribution in [2.75, 3.05) is 11.4 Å². The maximum Gasteiger partial charge on any atom is 0.414 e. The first-order chi connectivity index (χ1) is 11.9. The van der Waals surface area contributed by atoms with Crippen LogP contribution in [-0.4, -0.2) is 33.8 Å². The van der Waals surface area contributed by atoms with Crippen LogP contribution in [0.2, 0.25) is 0 Å². The van der Waals surface area contributed by atoms with Crippen LogP contribution in [0, 0.1) is 0 Å². The zero-order chi connectivity index (χ0) is 19.7. The van der Waals surface area contributed by atoms with E-state index >= 15 is 0 Å². The van der Waals surface area contributed by atoms with Gasteiger partial charge < -0.3 is 9.14 Å². The lowest BCUT2D eigenvalue weighted by Gasteiger charge is -2.28. The number of ether oxygens (including phenoxy) is 1. The van der Waals surface area contributed by atoms with Gasteiger partial charge in [-0.25, -0.2) is 9.78 Å². The smallest absolute Gasteiger partial charge is 0.414 e. The normalized spacial score (nSPS) is 12.5. The molecule has 2 aromatic rings. The van der Waals surface area contributed by atoms with Gasteiger partial charge in [0.2, 0.25) is 0 Å². The standard InChI is InChI=1S/C17H21BrF3N3O2/c1-5-12-9-22-14-13(8-11(18)10-24(12)14)23(7-6-17(19,20)21)15(25)26-16(2,3)4/h8-10H,5-7H2,1-4H3. The molecule has 0 aliphatic carbocycles. The molecule has 144 valence electrons.